The molecule has 0 saturated carbocycles. The Hall–Kier alpha value is -1.79. The van der Waals surface area contributed by atoms with Gasteiger partial charge in [0, 0.05) is 7.05 Å². The Morgan fingerprint density at radius 2 is 2.26 bits per heavy atom. The van der Waals surface area contributed by atoms with Crippen molar-refractivity contribution in [1.82, 2.24) is 9.97 Å². The fourth-order valence-corrected chi connectivity index (χ4v) is 1.88. The van der Waals surface area contributed by atoms with Crippen LogP contribution in [0.5, 0.6) is 0 Å². The minimum Gasteiger partial charge on any atom is -0.466 e. The van der Waals surface area contributed by atoms with Crippen LogP contribution >= 0.6 is 11.6 Å². The molecule has 7 heteroatoms. The average Bonchev–Trinajstić information content (AvgIpc) is 2.91. The Labute approximate surface area is 115 Å². The van der Waals surface area contributed by atoms with Gasteiger partial charge in [0.15, 0.2) is 11.0 Å². The maximum atomic E-state index is 10.3. The maximum Gasteiger partial charge on any atom is 0.157 e. The molecule has 2 aromatic rings. The van der Waals surface area contributed by atoms with E-state index in [-0.39, 0.29) is 6.54 Å². The van der Waals surface area contributed by atoms with E-state index in [0.29, 0.717) is 22.4 Å². The molecule has 0 aliphatic rings. The highest BCUT2D eigenvalue weighted by Crippen LogP contribution is 2.27. The van der Waals surface area contributed by atoms with Crippen LogP contribution in [0.4, 0.5) is 11.5 Å². The normalized spacial score (nSPS) is 13.9. The Bertz CT molecular complexity index is 543. The molecule has 0 spiro atoms. The lowest BCUT2D eigenvalue weighted by Gasteiger charge is -2.22. The van der Waals surface area contributed by atoms with E-state index in [1.54, 1.807) is 26.1 Å². The molecule has 0 aliphatic carbocycles. The van der Waals surface area contributed by atoms with E-state index in [1.165, 1.54) is 12.6 Å². The molecular weight excluding hydrogens is 268 g/mol. The molecule has 0 aliphatic heterocycles. The van der Waals surface area contributed by atoms with Crippen LogP contribution in [0.1, 0.15) is 12.7 Å². The topological polar surface area (TPSA) is 83.2 Å². The molecule has 2 heterocycles. The zero-order valence-corrected chi connectivity index (χ0v) is 11.4. The SMILES string of the molecule is CNc1c(Cl)ncnc1NCC(C)(O)c1ccco1. The number of nitrogens with one attached hydrogen (secondary N) is 2. The van der Waals surface area contributed by atoms with Gasteiger partial charge in [-0.3, -0.25) is 0 Å². The molecule has 102 valence electrons. The van der Waals surface area contributed by atoms with Crippen molar-refractivity contribution in [3.05, 3.63) is 35.6 Å². The van der Waals surface area contributed by atoms with Gasteiger partial charge in [0.1, 0.15) is 23.4 Å². The largest absolute Gasteiger partial charge is 0.466 e. The first kappa shape index (κ1) is 13.6. The summed E-state index contributed by atoms with van der Waals surface area (Å²) in [6.45, 7) is 1.88. The van der Waals surface area contributed by atoms with E-state index in [0.717, 1.165) is 0 Å². The molecule has 0 fully saturated rings. The highest BCUT2D eigenvalue weighted by Gasteiger charge is 2.26. The number of halogens is 1. The summed E-state index contributed by atoms with van der Waals surface area (Å²) in [5.74, 6) is 1.00. The summed E-state index contributed by atoms with van der Waals surface area (Å²) in [6.07, 6.45) is 2.87. The van der Waals surface area contributed by atoms with Crippen molar-refractivity contribution in [1.29, 1.82) is 0 Å². The third-order valence-electron chi connectivity index (χ3n) is 2.70. The van der Waals surface area contributed by atoms with Gasteiger partial charge in [0.05, 0.1) is 12.8 Å². The number of furan rings is 1. The first-order valence-electron chi connectivity index (χ1n) is 5.73. The van der Waals surface area contributed by atoms with Gasteiger partial charge in [-0.2, -0.15) is 0 Å². The Morgan fingerprint density at radius 1 is 1.47 bits per heavy atom. The average molecular weight is 283 g/mol. The lowest BCUT2D eigenvalue weighted by Crippen LogP contribution is -2.30. The predicted molar refractivity (Wildman–Crippen MR) is 73.4 cm³/mol. The van der Waals surface area contributed by atoms with Gasteiger partial charge in [-0.1, -0.05) is 11.6 Å². The van der Waals surface area contributed by atoms with Crippen molar-refractivity contribution in [3.63, 3.8) is 0 Å². The van der Waals surface area contributed by atoms with Crippen molar-refractivity contribution < 1.29 is 9.52 Å². The number of nitrogens with zero attached hydrogens (tertiary/aromatic N) is 2. The Kier molecular flexibility index (Phi) is 3.92. The first-order valence-corrected chi connectivity index (χ1v) is 6.11. The van der Waals surface area contributed by atoms with Crippen molar-refractivity contribution in [3.8, 4) is 0 Å². The van der Waals surface area contributed by atoms with Crippen molar-refractivity contribution >= 4 is 23.1 Å². The van der Waals surface area contributed by atoms with E-state index in [1.807, 2.05) is 0 Å². The van der Waals surface area contributed by atoms with E-state index in [2.05, 4.69) is 20.6 Å². The number of anilines is 2. The Balaban J connectivity index is 2.13. The summed E-state index contributed by atoms with van der Waals surface area (Å²) in [7, 11) is 1.72. The second-order valence-electron chi connectivity index (χ2n) is 4.24. The molecule has 6 nitrogen and oxygen atoms in total. The Morgan fingerprint density at radius 3 is 2.89 bits per heavy atom. The van der Waals surface area contributed by atoms with Gasteiger partial charge < -0.3 is 20.2 Å². The van der Waals surface area contributed by atoms with Gasteiger partial charge in [0.25, 0.3) is 0 Å². The standard InChI is InChI=1S/C12H15ClN4O2/c1-12(18,8-4-3-5-19-8)6-15-11-9(14-2)10(13)16-7-17-11/h3-5,7,14,18H,6H2,1-2H3,(H,15,16,17). The van der Waals surface area contributed by atoms with Gasteiger partial charge in [0.2, 0.25) is 0 Å². The van der Waals surface area contributed by atoms with Crippen LogP contribution in [0.25, 0.3) is 0 Å². The summed E-state index contributed by atoms with van der Waals surface area (Å²) < 4.78 is 5.20. The van der Waals surface area contributed by atoms with E-state index < -0.39 is 5.60 Å². The van der Waals surface area contributed by atoms with Crippen LogP contribution in [0.15, 0.2) is 29.1 Å². The van der Waals surface area contributed by atoms with Crippen molar-refractivity contribution in [2.24, 2.45) is 0 Å². The van der Waals surface area contributed by atoms with Crippen LogP contribution in [0.2, 0.25) is 5.15 Å². The molecule has 0 saturated heterocycles. The number of hydrogen-bond acceptors (Lipinski definition) is 6. The monoisotopic (exact) mass is 282 g/mol. The maximum absolute atomic E-state index is 10.3. The van der Waals surface area contributed by atoms with Crippen LogP contribution in [-0.2, 0) is 5.60 Å². The zero-order valence-electron chi connectivity index (χ0n) is 10.6. The molecule has 1 atom stereocenters. The number of rotatable bonds is 5. The fourth-order valence-electron chi connectivity index (χ4n) is 1.65. The molecule has 2 rings (SSSR count). The molecule has 0 bridgehead atoms. The molecular formula is C12H15ClN4O2. The lowest BCUT2D eigenvalue weighted by molar-refractivity contribution is 0.0476. The third-order valence-corrected chi connectivity index (χ3v) is 2.99. The van der Waals surface area contributed by atoms with Gasteiger partial charge in [-0.15, -0.1) is 0 Å². The van der Waals surface area contributed by atoms with E-state index in [4.69, 9.17) is 16.0 Å². The number of aliphatic hydroxyl groups is 1. The number of hydrogen-bond donors (Lipinski definition) is 3. The molecule has 0 amide bonds. The zero-order chi connectivity index (χ0) is 13.9. The summed E-state index contributed by atoms with van der Waals surface area (Å²) in [6, 6.07) is 3.44. The summed E-state index contributed by atoms with van der Waals surface area (Å²) in [5, 5.41) is 16.6. The highest BCUT2D eigenvalue weighted by molar-refractivity contribution is 6.32. The van der Waals surface area contributed by atoms with Crippen LogP contribution in [0.3, 0.4) is 0 Å². The molecule has 0 radical (unpaired) electrons. The molecule has 2 aromatic heterocycles. The summed E-state index contributed by atoms with van der Waals surface area (Å²) >= 11 is 5.94. The molecule has 19 heavy (non-hydrogen) atoms. The van der Waals surface area contributed by atoms with E-state index in [9.17, 15) is 5.11 Å². The quantitative estimate of drug-likeness (QED) is 0.728. The second kappa shape index (κ2) is 5.46. The minimum absolute atomic E-state index is 0.225. The highest BCUT2D eigenvalue weighted by atomic mass is 35.5. The summed E-state index contributed by atoms with van der Waals surface area (Å²) in [5.41, 5.74) is -0.564. The van der Waals surface area contributed by atoms with Crippen molar-refractivity contribution in [2.75, 3.05) is 24.2 Å². The van der Waals surface area contributed by atoms with Gasteiger partial charge in [-0.25, -0.2) is 9.97 Å². The van der Waals surface area contributed by atoms with Crippen LogP contribution < -0.4 is 10.6 Å². The second-order valence-corrected chi connectivity index (χ2v) is 4.60. The lowest BCUT2D eigenvalue weighted by atomic mass is 10.0. The van der Waals surface area contributed by atoms with Crippen LogP contribution in [0, 0.1) is 0 Å². The first-order chi connectivity index (χ1) is 9.04. The fraction of sp³-hybridized carbons (Fsp3) is 0.333. The molecule has 3 N–H and O–H groups in total. The van der Waals surface area contributed by atoms with Gasteiger partial charge in [-0.05, 0) is 19.1 Å². The predicted octanol–water partition coefficient (Wildman–Crippen LogP) is 2.08. The smallest absolute Gasteiger partial charge is 0.157 e. The summed E-state index contributed by atoms with van der Waals surface area (Å²) in [4.78, 5) is 7.96. The third kappa shape index (κ3) is 2.97. The van der Waals surface area contributed by atoms with Crippen LogP contribution in [-0.4, -0.2) is 28.7 Å². The van der Waals surface area contributed by atoms with E-state index >= 15 is 0 Å². The number of aromatic nitrogens is 2. The minimum atomic E-state index is -1.15. The van der Waals surface area contributed by atoms with Gasteiger partial charge >= 0.3 is 0 Å². The molecule has 1 unspecified atom stereocenters. The molecule has 0 aromatic carbocycles. The van der Waals surface area contributed by atoms with Crippen molar-refractivity contribution in [2.45, 2.75) is 12.5 Å².